The summed E-state index contributed by atoms with van der Waals surface area (Å²) in [5, 5.41) is 5.60. The smallest absolute Gasteiger partial charge is 0.311 e. The Morgan fingerprint density at radius 3 is 2.65 bits per heavy atom. The summed E-state index contributed by atoms with van der Waals surface area (Å²) >= 11 is 0. The first-order valence-electron chi connectivity index (χ1n) is 9.10. The van der Waals surface area contributed by atoms with Gasteiger partial charge in [-0.15, -0.1) is 0 Å². The van der Waals surface area contributed by atoms with E-state index in [1.54, 1.807) is 6.07 Å². The second-order valence-corrected chi connectivity index (χ2v) is 7.96. The number of pyridine rings is 1. The number of aryl methyl sites for hydroxylation is 1. The van der Waals surface area contributed by atoms with E-state index in [1.165, 1.54) is 4.90 Å². The molecular formula is C19H26N4O3. The molecule has 2 N–H and O–H groups in total. The maximum absolute atomic E-state index is 12.5. The molecule has 140 valence electrons. The molecule has 2 atom stereocenters. The summed E-state index contributed by atoms with van der Waals surface area (Å²) < 4.78 is 0. The Balaban J connectivity index is 1.55. The van der Waals surface area contributed by atoms with Gasteiger partial charge in [0.1, 0.15) is 5.82 Å². The highest BCUT2D eigenvalue weighted by molar-refractivity contribution is 6.35. The first-order valence-corrected chi connectivity index (χ1v) is 9.10. The Labute approximate surface area is 153 Å². The molecule has 3 rings (SSSR count). The Morgan fingerprint density at radius 1 is 1.27 bits per heavy atom. The van der Waals surface area contributed by atoms with E-state index in [-0.39, 0.29) is 29.8 Å². The lowest BCUT2D eigenvalue weighted by atomic mass is 9.97. The Hall–Kier alpha value is -2.44. The molecule has 1 saturated carbocycles. The van der Waals surface area contributed by atoms with Crippen molar-refractivity contribution in [1.82, 2.24) is 15.2 Å². The quantitative estimate of drug-likeness (QED) is 0.801. The van der Waals surface area contributed by atoms with E-state index in [4.69, 9.17) is 0 Å². The van der Waals surface area contributed by atoms with Crippen LogP contribution in [0.4, 0.5) is 5.82 Å². The van der Waals surface area contributed by atoms with Crippen molar-refractivity contribution in [1.29, 1.82) is 0 Å². The summed E-state index contributed by atoms with van der Waals surface area (Å²) in [6, 6.07) is 5.49. The highest BCUT2D eigenvalue weighted by atomic mass is 16.2. The zero-order chi connectivity index (χ0) is 18.9. The van der Waals surface area contributed by atoms with Gasteiger partial charge in [0.25, 0.3) is 0 Å². The van der Waals surface area contributed by atoms with Crippen LogP contribution in [-0.4, -0.2) is 46.7 Å². The van der Waals surface area contributed by atoms with Gasteiger partial charge < -0.3 is 15.5 Å². The number of nitrogens with one attached hydrogen (secondary N) is 2. The van der Waals surface area contributed by atoms with Crippen LogP contribution >= 0.6 is 0 Å². The average Bonchev–Trinajstić information content (AvgIpc) is 3.20. The molecule has 1 unspecified atom stereocenters. The number of aromatic nitrogens is 1. The van der Waals surface area contributed by atoms with Crippen molar-refractivity contribution in [3.63, 3.8) is 0 Å². The maximum atomic E-state index is 12.5. The molecule has 0 aromatic carbocycles. The van der Waals surface area contributed by atoms with Gasteiger partial charge in [0.15, 0.2) is 0 Å². The lowest BCUT2D eigenvalue weighted by molar-refractivity contribution is -0.147. The largest absolute Gasteiger partial charge is 0.345 e. The van der Waals surface area contributed by atoms with Gasteiger partial charge in [-0.2, -0.15) is 0 Å². The molecule has 3 amide bonds. The normalized spacial score (nSPS) is 23.9. The van der Waals surface area contributed by atoms with Crippen LogP contribution in [0, 0.1) is 18.3 Å². The van der Waals surface area contributed by atoms with Crippen molar-refractivity contribution in [2.75, 3.05) is 18.4 Å². The van der Waals surface area contributed by atoms with Crippen LogP contribution in [0.15, 0.2) is 18.2 Å². The predicted octanol–water partition coefficient (Wildman–Crippen LogP) is 1.48. The molecule has 2 fully saturated rings. The van der Waals surface area contributed by atoms with Gasteiger partial charge in [0.05, 0.1) is 5.92 Å². The number of anilines is 1. The first kappa shape index (κ1) is 18.4. The molecule has 0 bridgehead atoms. The Kier molecular flexibility index (Phi) is 4.98. The fourth-order valence-electron chi connectivity index (χ4n) is 3.29. The molecule has 1 aliphatic carbocycles. The Bertz CT molecular complexity index is 731. The molecule has 1 aliphatic heterocycles. The molecule has 1 saturated heterocycles. The maximum Gasteiger partial charge on any atom is 0.311 e. The van der Waals surface area contributed by atoms with Gasteiger partial charge in [-0.1, -0.05) is 19.9 Å². The van der Waals surface area contributed by atoms with Gasteiger partial charge in [0.2, 0.25) is 5.91 Å². The van der Waals surface area contributed by atoms with Crippen LogP contribution in [0.5, 0.6) is 0 Å². The van der Waals surface area contributed by atoms with Crippen molar-refractivity contribution in [2.24, 2.45) is 11.3 Å². The van der Waals surface area contributed by atoms with Crippen LogP contribution in [0.3, 0.4) is 0 Å². The summed E-state index contributed by atoms with van der Waals surface area (Å²) in [4.78, 5) is 42.8. The van der Waals surface area contributed by atoms with E-state index in [2.05, 4.69) is 29.5 Å². The molecule has 0 spiro atoms. The number of piperidine rings is 1. The van der Waals surface area contributed by atoms with E-state index < -0.39 is 11.8 Å². The standard InChI is InChI=1S/C19H26N4O3/c1-12-6-4-8-15(20-12)22-16(24)13-7-5-9-23(11-13)18(26)17(25)21-14-10-19(14,2)3/h4,6,8,13-14H,5,7,9-11H2,1-3H3,(H,21,25)(H,20,22,24)/t13?,14-/m0/s1. The van der Waals surface area contributed by atoms with E-state index in [9.17, 15) is 14.4 Å². The third kappa shape index (κ3) is 4.20. The summed E-state index contributed by atoms with van der Waals surface area (Å²) in [6.07, 6.45) is 2.28. The summed E-state index contributed by atoms with van der Waals surface area (Å²) in [7, 11) is 0. The van der Waals surface area contributed by atoms with Gasteiger partial charge in [-0.25, -0.2) is 4.98 Å². The average molecular weight is 358 g/mol. The van der Waals surface area contributed by atoms with Gasteiger partial charge >= 0.3 is 11.8 Å². The second kappa shape index (κ2) is 7.05. The van der Waals surface area contributed by atoms with Crippen molar-refractivity contribution in [2.45, 2.75) is 46.1 Å². The van der Waals surface area contributed by atoms with Crippen LogP contribution in [0.25, 0.3) is 0 Å². The molecule has 1 aromatic heterocycles. The minimum atomic E-state index is -0.568. The van der Waals surface area contributed by atoms with E-state index >= 15 is 0 Å². The molecule has 0 radical (unpaired) electrons. The number of nitrogens with zero attached hydrogens (tertiary/aromatic N) is 2. The summed E-state index contributed by atoms with van der Waals surface area (Å²) in [6.45, 7) is 6.74. The zero-order valence-electron chi connectivity index (χ0n) is 15.5. The van der Waals surface area contributed by atoms with Crippen LogP contribution in [-0.2, 0) is 14.4 Å². The van der Waals surface area contributed by atoms with E-state index in [0.717, 1.165) is 12.1 Å². The zero-order valence-corrected chi connectivity index (χ0v) is 15.5. The van der Waals surface area contributed by atoms with Gasteiger partial charge in [-0.3, -0.25) is 14.4 Å². The topological polar surface area (TPSA) is 91.4 Å². The minimum Gasteiger partial charge on any atom is -0.345 e. The number of likely N-dealkylation sites (tertiary alicyclic amines) is 1. The third-order valence-corrected chi connectivity index (χ3v) is 5.23. The molecule has 26 heavy (non-hydrogen) atoms. The van der Waals surface area contributed by atoms with Crippen molar-refractivity contribution >= 4 is 23.5 Å². The highest BCUT2D eigenvalue weighted by Gasteiger charge is 2.47. The molecule has 1 aromatic rings. The first-order chi connectivity index (χ1) is 12.3. The van der Waals surface area contributed by atoms with Crippen molar-refractivity contribution in [3.8, 4) is 0 Å². The molecular weight excluding hydrogens is 332 g/mol. The number of hydrogen-bond acceptors (Lipinski definition) is 4. The molecule has 2 aliphatic rings. The lowest BCUT2D eigenvalue weighted by Crippen LogP contribution is -2.49. The number of carbonyl (C=O) groups is 3. The monoisotopic (exact) mass is 358 g/mol. The number of rotatable bonds is 3. The van der Waals surface area contributed by atoms with Gasteiger partial charge in [-0.05, 0) is 43.7 Å². The van der Waals surface area contributed by atoms with Crippen molar-refractivity contribution in [3.05, 3.63) is 23.9 Å². The molecule has 2 heterocycles. The predicted molar refractivity (Wildman–Crippen MR) is 97.2 cm³/mol. The summed E-state index contributed by atoms with van der Waals surface area (Å²) in [5.41, 5.74) is 0.893. The SMILES string of the molecule is Cc1cccc(NC(=O)C2CCCN(C(=O)C(=O)N[C@H]3CC3(C)C)C2)n1. The van der Waals surface area contributed by atoms with Crippen LogP contribution in [0.2, 0.25) is 0 Å². The number of hydrogen-bond donors (Lipinski definition) is 2. The third-order valence-electron chi connectivity index (χ3n) is 5.23. The lowest BCUT2D eigenvalue weighted by Gasteiger charge is -2.31. The number of amides is 3. The van der Waals surface area contributed by atoms with E-state index in [1.807, 2.05) is 19.1 Å². The fraction of sp³-hybridized carbons (Fsp3) is 0.579. The highest BCUT2D eigenvalue weighted by Crippen LogP contribution is 2.44. The van der Waals surface area contributed by atoms with Crippen LogP contribution < -0.4 is 10.6 Å². The van der Waals surface area contributed by atoms with Crippen molar-refractivity contribution < 1.29 is 14.4 Å². The summed E-state index contributed by atoms with van der Waals surface area (Å²) in [5.74, 6) is -1.10. The van der Waals surface area contributed by atoms with Gasteiger partial charge in [0, 0.05) is 24.8 Å². The van der Waals surface area contributed by atoms with E-state index in [0.29, 0.717) is 25.2 Å². The molecule has 7 nitrogen and oxygen atoms in total. The van der Waals surface area contributed by atoms with Crippen LogP contribution in [0.1, 0.15) is 38.8 Å². The second-order valence-electron chi connectivity index (χ2n) is 7.96. The fourth-order valence-corrected chi connectivity index (χ4v) is 3.29. The minimum absolute atomic E-state index is 0.0650. The molecule has 7 heteroatoms. The number of carbonyl (C=O) groups excluding carboxylic acids is 3. The Morgan fingerprint density at radius 2 is 2.00 bits per heavy atom.